The van der Waals surface area contributed by atoms with Gasteiger partial charge in [0.2, 0.25) is 0 Å². The molecule has 0 aliphatic carbocycles. The van der Waals surface area contributed by atoms with Crippen molar-refractivity contribution in [3.63, 3.8) is 0 Å². The Hall–Kier alpha value is 3.51. The average Bonchev–Trinajstić information content (AvgIpc) is 0.722. The Morgan fingerprint density at radius 2 is 1.12 bits per heavy atom. The summed E-state index contributed by atoms with van der Waals surface area (Å²) in [7, 11) is -4.64. The molecule has 0 saturated carbocycles. The van der Waals surface area contributed by atoms with E-state index in [1.54, 1.807) is 0 Å². The van der Waals surface area contributed by atoms with Crippen LogP contribution in [0, 0.1) is 0 Å². The van der Waals surface area contributed by atoms with Crippen LogP contribution in [0.5, 0.6) is 0 Å². The van der Waals surface area contributed by atoms with Crippen LogP contribution in [0.3, 0.4) is 0 Å². The molecule has 0 rings (SSSR count). The molecule has 8 heteroatoms. The molecule has 0 unspecified atom stereocenters. The van der Waals surface area contributed by atoms with Crippen LogP contribution in [-0.2, 0) is 4.57 Å². The fourth-order valence-corrected chi connectivity index (χ4v) is 0. The molecule has 40 valence electrons. The Morgan fingerprint density at radius 3 is 1.12 bits per heavy atom. The van der Waals surface area contributed by atoms with Gasteiger partial charge in [0, 0.05) is 0 Å². The van der Waals surface area contributed by atoms with Crippen molar-refractivity contribution in [3.05, 3.63) is 0 Å². The van der Waals surface area contributed by atoms with E-state index in [1.165, 1.54) is 0 Å². The first-order chi connectivity index (χ1) is 2.00. The van der Waals surface area contributed by atoms with Gasteiger partial charge in [-0.05, 0) is 0 Å². The van der Waals surface area contributed by atoms with E-state index in [9.17, 15) is 0 Å². The van der Waals surface area contributed by atoms with Crippen molar-refractivity contribution in [2.75, 3.05) is 0 Å². The second-order valence-electron chi connectivity index (χ2n) is 0.513. The van der Waals surface area contributed by atoms with Gasteiger partial charge in [-0.3, -0.25) is 0 Å². The molecule has 0 aromatic heterocycles. The molecule has 0 aromatic rings. The van der Waals surface area contributed by atoms with E-state index in [0.29, 0.717) is 0 Å². The predicted octanol–water partition coefficient (Wildman–Crippen LogP) is -3.14. The molecule has 0 fully saturated rings. The fourth-order valence-electron chi connectivity index (χ4n) is 0. The van der Waals surface area contributed by atoms with Crippen LogP contribution in [0.1, 0.15) is 0 Å². The van der Waals surface area contributed by atoms with Gasteiger partial charge in [0.25, 0.3) is 0 Å². The maximum atomic E-state index is 8.88. The van der Waals surface area contributed by atoms with Gasteiger partial charge in [-0.2, -0.15) is 0 Å². The van der Waals surface area contributed by atoms with Crippen molar-refractivity contribution in [2.24, 2.45) is 0 Å². The summed E-state index contributed by atoms with van der Waals surface area (Å²) < 4.78 is 8.88. The first-order valence-electron chi connectivity index (χ1n) is 0.783. The van der Waals surface area contributed by atoms with Gasteiger partial charge in [-0.15, -0.1) is 0 Å². The van der Waals surface area contributed by atoms with E-state index in [-0.39, 0.29) is 104 Å². The minimum atomic E-state index is -4.64. The average molecular weight is 188 g/mol. The van der Waals surface area contributed by atoms with E-state index in [1.807, 2.05) is 0 Å². The molecule has 0 spiro atoms. The summed E-state index contributed by atoms with van der Waals surface area (Å²) in [4.78, 5) is 21.6. The number of hydrogen-bond acceptors (Lipinski definition) is 1. The van der Waals surface area contributed by atoms with Crippen molar-refractivity contribution < 1.29 is 19.2 Å². The van der Waals surface area contributed by atoms with Crippen molar-refractivity contribution >= 4 is 112 Å². The molecular weight excluding hydrogens is 181 g/mol. The van der Waals surface area contributed by atoms with Crippen LogP contribution in [-0.4, -0.2) is 119 Å². The zero-order valence-corrected chi connectivity index (χ0v) is 3.09. The molecule has 0 aromatic carbocycles. The van der Waals surface area contributed by atoms with Crippen LogP contribution in [0.15, 0.2) is 0 Å². The molecule has 8 heavy (non-hydrogen) atoms. The van der Waals surface area contributed by atoms with E-state index < -0.39 is 7.82 Å². The van der Waals surface area contributed by atoms with Crippen molar-refractivity contribution in [2.45, 2.75) is 0 Å². The quantitative estimate of drug-likeness (QED) is 0.277. The molecule has 0 aliphatic rings. The van der Waals surface area contributed by atoms with E-state index in [4.69, 9.17) is 19.2 Å². The molecular formula is H7KMgNaO4P. The van der Waals surface area contributed by atoms with Crippen molar-refractivity contribution in [1.29, 1.82) is 0 Å². The van der Waals surface area contributed by atoms with Crippen molar-refractivity contribution in [1.82, 2.24) is 0 Å². The molecule has 0 heterocycles. The summed E-state index contributed by atoms with van der Waals surface area (Å²) in [5.74, 6) is 0. The monoisotopic (exact) mass is 188 g/mol. The number of rotatable bonds is 0. The zero-order chi connectivity index (χ0) is 4.50. The fraction of sp³-hybridized carbons (Fsp3) is 0. The maximum absolute atomic E-state index is 8.88. The Bertz CT molecular complexity index is 62.2. The van der Waals surface area contributed by atoms with Crippen molar-refractivity contribution in [3.8, 4) is 0 Å². The normalized spacial score (nSPS) is 7.38. The third-order valence-electron chi connectivity index (χ3n) is 0. The van der Waals surface area contributed by atoms with E-state index >= 15 is 0 Å². The minimum absolute atomic E-state index is 0. The van der Waals surface area contributed by atoms with Gasteiger partial charge in [0.1, 0.15) is 0 Å². The summed E-state index contributed by atoms with van der Waals surface area (Å²) in [6.45, 7) is 0. The van der Waals surface area contributed by atoms with Gasteiger partial charge in [0.15, 0.2) is 0 Å². The van der Waals surface area contributed by atoms with E-state index in [0.717, 1.165) is 0 Å². The van der Waals surface area contributed by atoms with Gasteiger partial charge >= 0.3 is 112 Å². The summed E-state index contributed by atoms with van der Waals surface area (Å²) in [5, 5.41) is 0. The number of hydrogen-bond donors (Lipinski definition) is 3. The molecule has 3 N–H and O–H groups in total. The first kappa shape index (κ1) is 22.5. The second kappa shape index (κ2) is 10.5. The Balaban J connectivity index is -0.0000000267. The second-order valence-corrected chi connectivity index (χ2v) is 1.54. The van der Waals surface area contributed by atoms with Gasteiger partial charge < -0.3 is 14.7 Å². The standard InChI is InChI=1S/K.Mg.Na.H3O4P.4H/c;;;1-5(2,3)4;;;;/h;;;(H3,1,2,3,4);;;;. The first-order valence-corrected chi connectivity index (χ1v) is 2.35. The molecule has 0 radical (unpaired) electrons. The third kappa shape index (κ3) is 55.9. The zero-order valence-electron chi connectivity index (χ0n) is 2.20. The van der Waals surface area contributed by atoms with Gasteiger partial charge in [-0.25, -0.2) is 4.57 Å². The Labute approximate surface area is 128 Å². The van der Waals surface area contributed by atoms with Gasteiger partial charge in [-0.1, -0.05) is 0 Å². The third-order valence-corrected chi connectivity index (χ3v) is 0. The summed E-state index contributed by atoms with van der Waals surface area (Å²) >= 11 is 0. The van der Waals surface area contributed by atoms with Crippen LogP contribution < -0.4 is 0 Å². The van der Waals surface area contributed by atoms with E-state index in [2.05, 4.69) is 0 Å². The molecule has 4 nitrogen and oxygen atoms in total. The van der Waals surface area contributed by atoms with Crippen LogP contribution in [0.4, 0.5) is 0 Å². The molecule has 0 aliphatic heterocycles. The van der Waals surface area contributed by atoms with Crippen LogP contribution in [0.2, 0.25) is 0 Å². The van der Waals surface area contributed by atoms with Gasteiger partial charge in [0.05, 0.1) is 0 Å². The molecule has 0 atom stereocenters. The summed E-state index contributed by atoms with van der Waals surface area (Å²) in [6, 6.07) is 0. The Morgan fingerprint density at radius 1 is 1.12 bits per heavy atom. The molecule has 0 saturated heterocycles. The van der Waals surface area contributed by atoms with Crippen LogP contribution in [0.25, 0.3) is 0 Å². The molecule has 0 bridgehead atoms. The summed E-state index contributed by atoms with van der Waals surface area (Å²) in [5.41, 5.74) is 0. The topological polar surface area (TPSA) is 77.8 Å². The number of phosphoric acid groups is 1. The Kier molecular flexibility index (Phi) is 29.6. The molecule has 0 amide bonds. The van der Waals surface area contributed by atoms with Crippen LogP contribution >= 0.6 is 7.82 Å². The predicted molar refractivity (Wildman–Crippen MR) is 37.1 cm³/mol. The summed E-state index contributed by atoms with van der Waals surface area (Å²) in [6.07, 6.45) is 0. The SMILES string of the molecule is O=P(O)(O)O.[KH].[MgH2].[NaH].